The Hall–Kier alpha value is -2.76. The topological polar surface area (TPSA) is 87.3 Å². The van der Waals surface area contributed by atoms with Crippen molar-refractivity contribution in [2.75, 3.05) is 0 Å². The molecular weight excluding hydrogens is 362 g/mol. The molecule has 0 aliphatic heterocycles. The van der Waals surface area contributed by atoms with Crippen LogP contribution in [-0.4, -0.2) is 25.4 Å². The van der Waals surface area contributed by atoms with Crippen molar-refractivity contribution < 1.29 is 0 Å². The lowest BCUT2D eigenvalue weighted by molar-refractivity contribution is 0.475. The smallest absolute Gasteiger partial charge is 0.248 e. The van der Waals surface area contributed by atoms with Gasteiger partial charge in [-0.15, -0.1) is 0 Å². The van der Waals surface area contributed by atoms with Crippen LogP contribution in [-0.2, 0) is 18.3 Å². The van der Waals surface area contributed by atoms with Gasteiger partial charge in [-0.25, -0.2) is 0 Å². The average Bonchev–Trinajstić information content (AvgIpc) is 3.35. The average molecular weight is 390 g/mol. The van der Waals surface area contributed by atoms with Crippen LogP contribution in [0.5, 0.6) is 0 Å². The Morgan fingerprint density at radius 3 is 2.62 bits per heavy atom. The van der Waals surface area contributed by atoms with E-state index in [4.69, 9.17) is 4.98 Å². The molecule has 0 radical (unpaired) electrons. The molecule has 1 fully saturated rings. The maximum Gasteiger partial charge on any atom is 0.248 e. The van der Waals surface area contributed by atoms with Gasteiger partial charge in [0.15, 0.2) is 0 Å². The monoisotopic (exact) mass is 389 g/mol. The quantitative estimate of drug-likeness (QED) is 0.653. The molecule has 0 saturated heterocycles. The van der Waals surface area contributed by atoms with Crippen LogP contribution in [0.15, 0.2) is 29.3 Å². The van der Waals surface area contributed by atoms with Crippen LogP contribution in [0.1, 0.15) is 68.8 Å². The minimum atomic E-state index is -0.0820. The van der Waals surface area contributed by atoms with E-state index >= 15 is 0 Å². The largest absolute Gasteiger partial charge is 0.329 e. The molecule has 2 N–H and O–H groups in total. The van der Waals surface area contributed by atoms with Gasteiger partial charge in [-0.2, -0.15) is 15.4 Å². The number of nitrogens with zero attached hydrogens (tertiary/aromatic N) is 3. The summed E-state index contributed by atoms with van der Waals surface area (Å²) in [6.07, 6.45) is 13.8. The van der Waals surface area contributed by atoms with Gasteiger partial charge in [0, 0.05) is 28.9 Å². The Morgan fingerprint density at radius 2 is 1.86 bits per heavy atom. The van der Waals surface area contributed by atoms with E-state index in [-0.39, 0.29) is 11.0 Å². The molecule has 0 spiro atoms. The van der Waals surface area contributed by atoms with Gasteiger partial charge < -0.3 is 4.98 Å². The molecule has 0 atom stereocenters. The normalized spacial score (nSPS) is 18.4. The lowest BCUT2D eigenvalue weighted by Gasteiger charge is -2.29. The molecule has 1 saturated carbocycles. The number of nitrogens with one attached hydrogen (secondary N) is 2. The van der Waals surface area contributed by atoms with Crippen molar-refractivity contribution in [3.05, 3.63) is 51.8 Å². The van der Waals surface area contributed by atoms with Gasteiger partial charge in [0.2, 0.25) is 5.56 Å². The second-order valence-corrected chi connectivity index (χ2v) is 8.76. The summed E-state index contributed by atoms with van der Waals surface area (Å²) in [4.78, 5) is 20.3. The van der Waals surface area contributed by atoms with Crippen molar-refractivity contribution in [3.63, 3.8) is 0 Å². The van der Waals surface area contributed by atoms with Crippen LogP contribution in [0, 0.1) is 0 Å². The minimum Gasteiger partial charge on any atom is -0.329 e. The highest BCUT2D eigenvalue weighted by Crippen LogP contribution is 2.48. The minimum absolute atomic E-state index is 0.0333. The highest BCUT2D eigenvalue weighted by atomic mass is 16.1. The van der Waals surface area contributed by atoms with Gasteiger partial charge in [0.25, 0.3) is 0 Å². The van der Waals surface area contributed by atoms with Crippen LogP contribution in [0.4, 0.5) is 0 Å². The third kappa shape index (κ3) is 3.20. The Morgan fingerprint density at radius 1 is 1.03 bits per heavy atom. The number of rotatable bonds is 3. The first-order chi connectivity index (χ1) is 14.2. The highest BCUT2D eigenvalue weighted by molar-refractivity contribution is 5.86. The fourth-order valence-electron chi connectivity index (χ4n) is 5.24. The zero-order chi connectivity index (χ0) is 19.8. The summed E-state index contributed by atoms with van der Waals surface area (Å²) in [5.74, 6) is 0. The molecule has 3 aromatic heterocycles. The summed E-state index contributed by atoms with van der Waals surface area (Å²) >= 11 is 0. The number of aryl methyl sites for hydroxylation is 1. The van der Waals surface area contributed by atoms with Crippen LogP contribution in [0.2, 0.25) is 0 Å². The van der Waals surface area contributed by atoms with Crippen molar-refractivity contribution in [3.8, 4) is 22.4 Å². The van der Waals surface area contributed by atoms with E-state index in [0.717, 1.165) is 60.2 Å². The molecule has 150 valence electrons. The van der Waals surface area contributed by atoms with Crippen LogP contribution >= 0.6 is 0 Å². The molecule has 0 amide bonds. The summed E-state index contributed by atoms with van der Waals surface area (Å²) < 4.78 is 0. The predicted octanol–water partition coefficient (Wildman–Crippen LogP) is 4.32. The first-order valence-corrected chi connectivity index (χ1v) is 10.8. The summed E-state index contributed by atoms with van der Waals surface area (Å²) in [6.45, 7) is 2.34. The Labute approximate surface area is 170 Å². The molecule has 3 heterocycles. The number of hydrogen-bond donors (Lipinski definition) is 2. The van der Waals surface area contributed by atoms with Crippen molar-refractivity contribution in [2.45, 2.75) is 70.1 Å². The van der Waals surface area contributed by atoms with E-state index in [9.17, 15) is 4.79 Å². The number of aromatic amines is 2. The molecule has 5 rings (SSSR count). The molecule has 0 bridgehead atoms. The van der Waals surface area contributed by atoms with Gasteiger partial charge in [-0.05, 0) is 61.3 Å². The third-order valence-corrected chi connectivity index (χ3v) is 6.74. The molecule has 0 unspecified atom stereocenters. The van der Waals surface area contributed by atoms with E-state index in [0.29, 0.717) is 0 Å². The third-order valence-electron chi connectivity index (χ3n) is 6.74. The number of hydrogen-bond acceptors (Lipinski definition) is 4. The Kier molecular flexibility index (Phi) is 4.57. The number of pyridine rings is 2. The van der Waals surface area contributed by atoms with E-state index in [1.807, 2.05) is 6.07 Å². The summed E-state index contributed by atoms with van der Waals surface area (Å²) in [6, 6.07) is 3.72. The maximum absolute atomic E-state index is 12.2. The SMILES string of the molecule is CC1(c2nc3c(c(-c4cc[nH]c(=O)c4)c2-c2cn[nH]n2)CCCCC3)CCCC1. The molecule has 3 aromatic rings. The van der Waals surface area contributed by atoms with Crippen molar-refractivity contribution in [2.24, 2.45) is 0 Å². The van der Waals surface area contributed by atoms with E-state index in [2.05, 4.69) is 27.3 Å². The predicted molar refractivity (Wildman–Crippen MR) is 113 cm³/mol. The summed E-state index contributed by atoms with van der Waals surface area (Å²) in [7, 11) is 0. The van der Waals surface area contributed by atoms with Gasteiger partial charge in [-0.3, -0.25) is 9.78 Å². The fourth-order valence-corrected chi connectivity index (χ4v) is 5.24. The Bertz CT molecular complexity index is 1080. The summed E-state index contributed by atoms with van der Waals surface area (Å²) in [5, 5.41) is 11.4. The zero-order valence-electron chi connectivity index (χ0n) is 16.9. The molecule has 2 aliphatic carbocycles. The lowest BCUT2D eigenvalue weighted by Crippen LogP contribution is -2.22. The van der Waals surface area contributed by atoms with E-state index in [1.54, 1.807) is 18.5 Å². The van der Waals surface area contributed by atoms with Crippen LogP contribution < -0.4 is 5.56 Å². The van der Waals surface area contributed by atoms with Crippen LogP contribution in [0.3, 0.4) is 0 Å². The zero-order valence-corrected chi connectivity index (χ0v) is 16.9. The number of aromatic nitrogens is 5. The number of fused-ring (bicyclic) bond motifs is 1. The lowest BCUT2D eigenvalue weighted by atomic mass is 9.78. The molecular formula is C23H27N5O. The first-order valence-electron chi connectivity index (χ1n) is 10.8. The maximum atomic E-state index is 12.2. The van der Waals surface area contributed by atoms with E-state index in [1.165, 1.54) is 36.9 Å². The highest BCUT2D eigenvalue weighted by Gasteiger charge is 2.37. The molecule has 6 nitrogen and oxygen atoms in total. The van der Waals surface area contributed by atoms with Crippen molar-refractivity contribution in [1.29, 1.82) is 0 Å². The number of H-pyrrole nitrogens is 2. The molecule has 29 heavy (non-hydrogen) atoms. The van der Waals surface area contributed by atoms with Crippen molar-refractivity contribution in [1.82, 2.24) is 25.4 Å². The van der Waals surface area contributed by atoms with Crippen LogP contribution in [0.25, 0.3) is 22.4 Å². The van der Waals surface area contributed by atoms with Gasteiger partial charge in [0.05, 0.1) is 11.9 Å². The standard InChI is InChI=1S/C23H27N5O/c1-23(10-5-6-11-23)22-21(18-14-25-28-27-18)20(15-9-12-24-19(29)13-15)16-7-3-2-4-8-17(16)26-22/h9,12-14H,2-8,10-11H2,1H3,(H,24,29)(H,25,27,28). The molecule has 6 heteroatoms. The molecule has 0 aromatic carbocycles. The summed E-state index contributed by atoms with van der Waals surface area (Å²) in [5.41, 5.74) is 7.57. The Balaban J connectivity index is 1.88. The van der Waals surface area contributed by atoms with E-state index < -0.39 is 0 Å². The first kappa shape index (κ1) is 18.3. The molecule has 2 aliphatic rings. The van der Waals surface area contributed by atoms with Gasteiger partial charge >= 0.3 is 0 Å². The second kappa shape index (κ2) is 7.25. The van der Waals surface area contributed by atoms with Crippen molar-refractivity contribution >= 4 is 0 Å². The fraction of sp³-hybridized carbons (Fsp3) is 0.478. The van der Waals surface area contributed by atoms with Gasteiger partial charge in [-0.1, -0.05) is 26.2 Å². The van der Waals surface area contributed by atoms with Gasteiger partial charge in [0.1, 0.15) is 5.69 Å². The second-order valence-electron chi connectivity index (χ2n) is 8.76.